The summed E-state index contributed by atoms with van der Waals surface area (Å²) >= 11 is 3.32. The highest BCUT2D eigenvalue weighted by Gasteiger charge is 1.95. The first-order valence-corrected chi connectivity index (χ1v) is 5.58. The highest BCUT2D eigenvalue weighted by atomic mass is 79.9. The van der Waals surface area contributed by atoms with Gasteiger partial charge in [-0.3, -0.25) is 9.59 Å². The molecule has 0 aromatic heterocycles. The summed E-state index contributed by atoms with van der Waals surface area (Å²) in [5.41, 5.74) is 1.54. The molecule has 4 heteroatoms. The predicted molar refractivity (Wildman–Crippen MR) is 67.2 cm³/mol. The first kappa shape index (κ1) is 12.6. The molecule has 3 nitrogen and oxygen atoms in total. The monoisotopic (exact) mass is 281 g/mol. The molecule has 0 radical (unpaired) electrons. The van der Waals surface area contributed by atoms with E-state index in [0.29, 0.717) is 12.1 Å². The lowest BCUT2D eigenvalue weighted by Crippen LogP contribution is -2.19. The maximum absolute atomic E-state index is 10.6. The molecule has 0 fully saturated rings. The number of aldehydes is 1. The van der Waals surface area contributed by atoms with Gasteiger partial charge in [0.1, 0.15) is 6.29 Å². The Bertz CT molecular complexity index is 427. The minimum atomic E-state index is -0.0625. The molecule has 16 heavy (non-hydrogen) atoms. The van der Waals surface area contributed by atoms with Gasteiger partial charge in [0.15, 0.2) is 0 Å². The van der Waals surface area contributed by atoms with Crippen molar-refractivity contribution >= 4 is 34.2 Å². The van der Waals surface area contributed by atoms with Crippen LogP contribution in [0.5, 0.6) is 0 Å². The lowest BCUT2D eigenvalue weighted by Gasteiger charge is -1.98. The third-order valence-corrected chi connectivity index (χ3v) is 2.32. The standard InChI is InChI=1S/C12H12BrNO2/c1-9(16)14-4-2-3-10-5-11(8-15)7-12(13)6-10/h2-3,5-8H,4H2,1H3,(H,14,16). The average molecular weight is 282 g/mol. The molecular formula is C12H12BrNO2. The van der Waals surface area contributed by atoms with Crippen LogP contribution in [0.25, 0.3) is 6.08 Å². The molecular weight excluding hydrogens is 270 g/mol. The van der Waals surface area contributed by atoms with Crippen LogP contribution in [0.3, 0.4) is 0 Å². The van der Waals surface area contributed by atoms with Gasteiger partial charge >= 0.3 is 0 Å². The topological polar surface area (TPSA) is 46.2 Å². The van der Waals surface area contributed by atoms with Crippen LogP contribution in [-0.2, 0) is 4.79 Å². The van der Waals surface area contributed by atoms with Crippen molar-refractivity contribution in [3.8, 4) is 0 Å². The number of halogens is 1. The second-order valence-electron chi connectivity index (χ2n) is 3.28. The fourth-order valence-corrected chi connectivity index (χ4v) is 1.73. The van der Waals surface area contributed by atoms with E-state index in [2.05, 4.69) is 21.2 Å². The number of rotatable bonds is 4. The van der Waals surface area contributed by atoms with E-state index in [4.69, 9.17) is 0 Å². The van der Waals surface area contributed by atoms with Gasteiger partial charge in [0.2, 0.25) is 5.91 Å². The Kier molecular flexibility index (Phi) is 4.92. The molecule has 0 atom stereocenters. The SMILES string of the molecule is CC(=O)NCC=Cc1cc(Br)cc(C=O)c1. The van der Waals surface area contributed by atoms with Gasteiger partial charge in [0.05, 0.1) is 0 Å². The minimum absolute atomic E-state index is 0.0625. The quantitative estimate of drug-likeness (QED) is 0.862. The zero-order valence-electron chi connectivity index (χ0n) is 8.87. The lowest BCUT2D eigenvalue weighted by atomic mass is 10.1. The first-order chi connectivity index (χ1) is 7.61. The highest BCUT2D eigenvalue weighted by Crippen LogP contribution is 2.15. The largest absolute Gasteiger partial charge is 0.353 e. The summed E-state index contributed by atoms with van der Waals surface area (Å²) in [6.07, 6.45) is 4.49. The number of amides is 1. The van der Waals surface area contributed by atoms with E-state index < -0.39 is 0 Å². The molecule has 1 rings (SSSR count). The van der Waals surface area contributed by atoms with E-state index in [0.717, 1.165) is 16.3 Å². The first-order valence-electron chi connectivity index (χ1n) is 4.78. The van der Waals surface area contributed by atoms with E-state index in [-0.39, 0.29) is 5.91 Å². The predicted octanol–water partition coefficient (Wildman–Crippen LogP) is 2.41. The molecule has 0 heterocycles. The third kappa shape index (κ3) is 4.40. The van der Waals surface area contributed by atoms with Crippen molar-refractivity contribution in [2.24, 2.45) is 0 Å². The number of carbonyl (C=O) groups excluding carboxylic acids is 2. The summed E-state index contributed by atoms with van der Waals surface area (Å²) in [6.45, 7) is 1.95. The van der Waals surface area contributed by atoms with Crippen molar-refractivity contribution in [2.45, 2.75) is 6.92 Å². The average Bonchev–Trinajstić information content (AvgIpc) is 2.23. The van der Waals surface area contributed by atoms with Gasteiger partial charge in [-0.2, -0.15) is 0 Å². The second-order valence-corrected chi connectivity index (χ2v) is 4.19. The summed E-state index contributed by atoms with van der Waals surface area (Å²) in [6, 6.07) is 5.43. The summed E-state index contributed by atoms with van der Waals surface area (Å²) in [5, 5.41) is 2.65. The molecule has 0 aliphatic rings. The molecule has 0 aliphatic heterocycles. The van der Waals surface area contributed by atoms with Gasteiger partial charge in [-0.05, 0) is 23.8 Å². The van der Waals surface area contributed by atoms with Gasteiger partial charge in [0.25, 0.3) is 0 Å². The number of hydrogen-bond acceptors (Lipinski definition) is 2. The van der Waals surface area contributed by atoms with Crippen LogP contribution in [0.15, 0.2) is 28.7 Å². The molecule has 1 aromatic rings. The smallest absolute Gasteiger partial charge is 0.217 e. The van der Waals surface area contributed by atoms with Gasteiger partial charge < -0.3 is 5.32 Å². The third-order valence-electron chi connectivity index (χ3n) is 1.86. The Hall–Kier alpha value is -1.42. The van der Waals surface area contributed by atoms with E-state index in [1.807, 2.05) is 18.2 Å². The van der Waals surface area contributed by atoms with E-state index in [1.165, 1.54) is 6.92 Å². The van der Waals surface area contributed by atoms with Gasteiger partial charge in [-0.15, -0.1) is 0 Å². The number of carbonyl (C=O) groups is 2. The molecule has 0 saturated heterocycles. The molecule has 0 unspecified atom stereocenters. The van der Waals surface area contributed by atoms with Crippen molar-refractivity contribution in [3.63, 3.8) is 0 Å². The molecule has 1 N–H and O–H groups in total. The number of hydrogen-bond donors (Lipinski definition) is 1. The van der Waals surface area contributed by atoms with Crippen LogP contribution >= 0.6 is 15.9 Å². The lowest BCUT2D eigenvalue weighted by molar-refractivity contribution is -0.118. The van der Waals surface area contributed by atoms with Crippen molar-refractivity contribution in [1.82, 2.24) is 5.32 Å². The highest BCUT2D eigenvalue weighted by molar-refractivity contribution is 9.10. The summed E-state index contributed by atoms with van der Waals surface area (Å²) < 4.78 is 0.858. The van der Waals surface area contributed by atoms with Gasteiger partial charge in [0, 0.05) is 23.5 Å². The molecule has 0 spiro atoms. The molecule has 84 valence electrons. The van der Waals surface area contributed by atoms with E-state index in [1.54, 1.807) is 12.1 Å². The molecule has 0 aliphatic carbocycles. The van der Waals surface area contributed by atoms with Crippen molar-refractivity contribution in [1.29, 1.82) is 0 Å². The number of benzene rings is 1. The Morgan fingerprint density at radius 2 is 2.06 bits per heavy atom. The Balaban J connectivity index is 2.69. The zero-order valence-corrected chi connectivity index (χ0v) is 10.5. The van der Waals surface area contributed by atoms with Crippen LogP contribution in [0, 0.1) is 0 Å². The van der Waals surface area contributed by atoms with Crippen molar-refractivity contribution in [2.75, 3.05) is 6.54 Å². The second kappa shape index (κ2) is 6.23. The van der Waals surface area contributed by atoms with E-state index >= 15 is 0 Å². The maximum Gasteiger partial charge on any atom is 0.217 e. The van der Waals surface area contributed by atoms with E-state index in [9.17, 15) is 9.59 Å². The van der Waals surface area contributed by atoms with Crippen LogP contribution in [0.4, 0.5) is 0 Å². The van der Waals surface area contributed by atoms with Crippen molar-refractivity contribution in [3.05, 3.63) is 39.9 Å². The minimum Gasteiger partial charge on any atom is -0.353 e. The Morgan fingerprint density at radius 3 is 2.69 bits per heavy atom. The summed E-state index contributed by atoms with van der Waals surface area (Å²) in [7, 11) is 0. The molecule has 1 aromatic carbocycles. The molecule has 0 bridgehead atoms. The summed E-state index contributed by atoms with van der Waals surface area (Å²) in [4.78, 5) is 21.2. The Labute approximate surface area is 103 Å². The maximum atomic E-state index is 10.6. The fourth-order valence-electron chi connectivity index (χ4n) is 1.20. The fraction of sp³-hybridized carbons (Fsp3) is 0.167. The Morgan fingerprint density at radius 1 is 1.38 bits per heavy atom. The number of nitrogens with one attached hydrogen (secondary N) is 1. The molecule has 1 amide bonds. The zero-order chi connectivity index (χ0) is 12.0. The van der Waals surface area contributed by atoms with Crippen molar-refractivity contribution < 1.29 is 9.59 Å². The van der Waals surface area contributed by atoms with Gasteiger partial charge in [-0.1, -0.05) is 28.1 Å². The van der Waals surface area contributed by atoms with Crippen LogP contribution in [0.1, 0.15) is 22.8 Å². The normalized spacial score (nSPS) is 10.4. The van der Waals surface area contributed by atoms with Gasteiger partial charge in [-0.25, -0.2) is 0 Å². The van der Waals surface area contributed by atoms with Crippen LogP contribution < -0.4 is 5.32 Å². The molecule has 0 saturated carbocycles. The van der Waals surface area contributed by atoms with Crippen LogP contribution in [0.2, 0.25) is 0 Å². The summed E-state index contributed by atoms with van der Waals surface area (Å²) in [5.74, 6) is -0.0625. The van der Waals surface area contributed by atoms with Crippen LogP contribution in [-0.4, -0.2) is 18.7 Å².